The minimum absolute atomic E-state index is 0.119. The maximum atomic E-state index is 13.3. The molecule has 6 nitrogen and oxygen atoms in total. The van der Waals surface area contributed by atoms with Gasteiger partial charge in [-0.05, 0) is 64.4 Å². The Bertz CT molecular complexity index is 1430. The third-order valence-electron chi connectivity index (χ3n) is 7.04. The molecule has 0 bridgehead atoms. The van der Waals surface area contributed by atoms with Gasteiger partial charge in [-0.1, -0.05) is 18.2 Å². The van der Waals surface area contributed by atoms with Crippen molar-refractivity contribution in [3.05, 3.63) is 71.6 Å². The predicted octanol–water partition coefficient (Wildman–Crippen LogP) is 4.97. The van der Waals surface area contributed by atoms with E-state index in [1.54, 1.807) is 6.92 Å². The molecule has 1 aliphatic carbocycles. The van der Waals surface area contributed by atoms with E-state index in [0.717, 1.165) is 70.6 Å². The van der Waals surface area contributed by atoms with Gasteiger partial charge in [-0.2, -0.15) is 0 Å². The molecule has 2 aromatic rings. The lowest BCUT2D eigenvalue weighted by molar-refractivity contribution is 0.0923. The summed E-state index contributed by atoms with van der Waals surface area (Å²) in [5.74, 6) is 0.571. The standard InChI is InChI=1S/C31H37N3O3/c1-6-33(7-2)22-14-16-26-28(18-22)37-29-19-23(34(8-3)9-4)15-17-27(29)30(26)24-12-10-11-13-25(24)31(36)32-21(5)20-35/h10-19,21,35H,6-9,20H2,1-5H3/p+1/t21-/m1/s1. The number of rotatable bonds is 9. The zero-order chi connectivity index (χ0) is 26.5. The van der Waals surface area contributed by atoms with Crippen LogP contribution in [0.5, 0.6) is 0 Å². The normalized spacial score (nSPS) is 12.1. The molecular formula is C31H38N3O3+. The van der Waals surface area contributed by atoms with Crippen LogP contribution in [0.4, 0.5) is 5.69 Å². The summed E-state index contributed by atoms with van der Waals surface area (Å²) in [6.07, 6.45) is 0. The van der Waals surface area contributed by atoms with Crippen molar-refractivity contribution in [1.82, 2.24) is 9.89 Å². The Hall–Kier alpha value is -3.64. The number of nitrogens with one attached hydrogen (secondary N) is 1. The SMILES string of the molecule is CCN(CC)c1ccc2c(-c3ccccc3C(=O)N[C@H](C)CO)c3ccc(=[N+](CC)CC)cc-3oc2c1. The third-order valence-corrected chi connectivity index (χ3v) is 7.04. The maximum Gasteiger partial charge on any atom is 0.252 e. The first kappa shape index (κ1) is 26.4. The number of anilines is 1. The van der Waals surface area contributed by atoms with Gasteiger partial charge in [0.05, 0.1) is 12.7 Å². The second kappa shape index (κ2) is 11.6. The second-order valence-corrected chi connectivity index (χ2v) is 9.29. The largest absolute Gasteiger partial charge is 0.456 e. The Balaban J connectivity index is 2.06. The smallest absolute Gasteiger partial charge is 0.252 e. The fourth-order valence-corrected chi connectivity index (χ4v) is 4.97. The van der Waals surface area contributed by atoms with Gasteiger partial charge in [0.15, 0.2) is 0 Å². The zero-order valence-electron chi connectivity index (χ0n) is 22.5. The molecule has 0 fully saturated rings. The average molecular weight is 501 g/mol. The van der Waals surface area contributed by atoms with Gasteiger partial charge < -0.3 is 19.7 Å². The number of carbonyl (C=O) groups is 1. The summed E-state index contributed by atoms with van der Waals surface area (Å²) in [4.78, 5) is 15.6. The first-order valence-corrected chi connectivity index (χ1v) is 13.3. The Morgan fingerprint density at radius 3 is 2.38 bits per heavy atom. The molecule has 37 heavy (non-hydrogen) atoms. The molecule has 0 spiro atoms. The summed E-state index contributed by atoms with van der Waals surface area (Å²) in [6, 6.07) is 20.0. The lowest BCUT2D eigenvalue weighted by Crippen LogP contribution is -2.35. The Morgan fingerprint density at radius 1 is 0.973 bits per heavy atom. The number of aliphatic hydroxyl groups excluding tert-OH is 1. The molecule has 4 rings (SSSR count). The van der Waals surface area contributed by atoms with Crippen molar-refractivity contribution in [2.24, 2.45) is 0 Å². The van der Waals surface area contributed by atoms with Crippen LogP contribution in [0, 0.1) is 0 Å². The van der Waals surface area contributed by atoms with E-state index in [2.05, 4.69) is 78.9 Å². The number of carbonyl (C=O) groups excluding carboxylic acids is 1. The minimum Gasteiger partial charge on any atom is -0.456 e. The van der Waals surface area contributed by atoms with Crippen molar-refractivity contribution in [1.29, 1.82) is 0 Å². The molecule has 2 aromatic carbocycles. The highest BCUT2D eigenvalue weighted by Gasteiger charge is 2.23. The highest BCUT2D eigenvalue weighted by molar-refractivity contribution is 6.09. The highest BCUT2D eigenvalue weighted by Crippen LogP contribution is 2.42. The van der Waals surface area contributed by atoms with E-state index in [0.29, 0.717) is 5.56 Å². The van der Waals surface area contributed by atoms with Gasteiger partial charge in [0.25, 0.3) is 5.91 Å². The Labute approximate surface area is 219 Å². The van der Waals surface area contributed by atoms with E-state index < -0.39 is 0 Å². The van der Waals surface area contributed by atoms with E-state index in [-0.39, 0.29) is 18.6 Å². The van der Waals surface area contributed by atoms with Crippen molar-refractivity contribution in [3.63, 3.8) is 0 Å². The Kier molecular flexibility index (Phi) is 8.29. The molecule has 0 radical (unpaired) electrons. The molecule has 6 heteroatoms. The van der Waals surface area contributed by atoms with Crippen LogP contribution in [-0.2, 0) is 0 Å². The summed E-state index contributed by atoms with van der Waals surface area (Å²) in [5.41, 5.74) is 5.21. The van der Waals surface area contributed by atoms with E-state index in [9.17, 15) is 9.90 Å². The summed E-state index contributed by atoms with van der Waals surface area (Å²) >= 11 is 0. The maximum absolute atomic E-state index is 13.3. The van der Waals surface area contributed by atoms with Crippen LogP contribution in [-0.4, -0.2) is 49.8 Å². The molecule has 1 heterocycles. The molecule has 0 unspecified atom stereocenters. The number of hydrogen-bond donors (Lipinski definition) is 2. The molecule has 0 aromatic heterocycles. The van der Waals surface area contributed by atoms with Crippen molar-refractivity contribution in [2.75, 3.05) is 37.7 Å². The van der Waals surface area contributed by atoms with Crippen molar-refractivity contribution in [3.8, 4) is 22.5 Å². The molecule has 1 aliphatic heterocycles. The summed E-state index contributed by atoms with van der Waals surface area (Å²) in [5, 5.41) is 14.5. The van der Waals surface area contributed by atoms with Crippen LogP contribution >= 0.6 is 0 Å². The summed E-state index contributed by atoms with van der Waals surface area (Å²) in [7, 11) is 0. The number of amides is 1. The van der Waals surface area contributed by atoms with E-state index >= 15 is 0 Å². The van der Waals surface area contributed by atoms with Crippen molar-refractivity contribution in [2.45, 2.75) is 40.7 Å². The van der Waals surface area contributed by atoms with Gasteiger partial charge in [-0.25, -0.2) is 4.58 Å². The molecule has 0 saturated heterocycles. The van der Waals surface area contributed by atoms with Crippen LogP contribution in [0.25, 0.3) is 33.4 Å². The lowest BCUT2D eigenvalue weighted by Gasteiger charge is -2.23. The molecule has 0 saturated carbocycles. The van der Waals surface area contributed by atoms with Gasteiger partial charge in [0, 0.05) is 59.0 Å². The molecule has 1 amide bonds. The fourth-order valence-electron chi connectivity index (χ4n) is 4.97. The van der Waals surface area contributed by atoms with Crippen LogP contribution in [0.15, 0.2) is 65.1 Å². The molecule has 2 N–H and O–H groups in total. The number of nitrogens with zero attached hydrogens (tertiary/aromatic N) is 2. The van der Waals surface area contributed by atoms with Crippen LogP contribution < -0.4 is 20.1 Å². The van der Waals surface area contributed by atoms with Crippen molar-refractivity contribution >= 4 is 22.6 Å². The third kappa shape index (κ3) is 5.25. The van der Waals surface area contributed by atoms with E-state index in [1.807, 2.05) is 24.3 Å². The molecule has 2 aliphatic rings. The summed E-state index contributed by atoms with van der Waals surface area (Å²) < 4.78 is 8.86. The van der Waals surface area contributed by atoms with Gasteiger partial charge in [-0.3, -0.25) is 4.79 Å². The minimum atomic E-state index is -0.340. The number of fused-ring (bicyclic) bond motifs is 2. The van der Waals surface area contributed by atoms with Crippen LogP contribution in [0.3, 0.4) is 0 Å². The predicted molar refractivity (Wildman–Crippen MR) is 152 cm³/mol. The monoisotopic (exact) mass is 500 g/mol. The fraction of sp³-hybridized carbons (Fsp3) is 0.355. The zero-order valence-corrected chi connectivity index (χ0v) is 22.5. The first-order chi connectivity index (χ1) is 17.9. The topological polar surface area (TPSA) is 68.7 Å². The van der Waals surface area contributed by atoms with Crippen LogP contribution in [0.2, 0.25) is 0 Å². The van der Waals surface area contributed by atoms with Gasteiger partial charge in [-0.15, -0.1) is 0 Å². The quantitative estimate of drug-likeness (QED) is 0.251. The first-order valence-electron chi connectivity index (χ1n) is 13.3. The summed E-state index contributed by atoms with van der Waals surface area (Å²) in [6.45, 7) is 13.9. The average Bonchev–Trinajstić information content (AvgIpc) is 2.92. The molecule has 1 atom stereocenters. The molecule has 194 valence electrons. The highest BCUT2D eigenvalue weighted by atomic mass is 16.3. The number of aliphatic hydroxyl groups is 1. The number of benzene rings is 3. The van der Waals surface area contributed by atoms with E-state index in [4.69, 9.17) is 4.42 Å². The van der Waals surface area contributed by atoms with Crippen LogP contribution in [0.1, 0.15) is 45.0 Å². The van der Waals surface area contributed by atoms with E-state index in [1.165, 1.54) is 0 Å². The van der Waals surface area contributed by atoms with Gasteiger partial charge in [0.1, 0.15) is 24.4 Å². The van der Waals surface area contributed by atoms with Gasteiger partial charge in [0.2, 0.25) is 5.36 Å². The van der Waals surface area contributed by atoms with Gasteiger partial charge >= 0.3 is 0 Å². The second-order valence-electron chi connectivity index (χ2n) is 9.29. The Morgan fingerprint density at radius 2 is 1.70 bits per heavy atom. The lowest BCUT2D eigenvalue weighted by atomic mass is 9.90. The number of hydrogen-bond acceptors (Lipinski definition) is 4. The molecular weight excluding hydrogens is 462 g/mol. The van der Waals surface area contributed by atoms with Crippen molar-refractivity contribution < 1.29 is 14.3 Å².